The van der Waals surface area contributed by atoms with Crippen LogP contribution in [-0.2, 0) is 27.9 Å². The lowest BCUT2D eigenvalue weighted by atomic mass is 10.0. The highest BCUT2D eigenvalue weighted by molar-refractivity contribution is 7.45. The summed E-state index contributed by atoms with van der Waals surface area (Å²) < 4.78 is 34.4. The summed E-state index contributed by atoms with van der Waals surface area (Å²) in [6.45, 7) is 4.78. The molecule has 0 aromatic rings. The Bertz CT molecular complexity index is 894. The van der Waals surface area contributed by atoms with Crippen LogP contribution in [0.4, 0.5) is 0 Å². The van der Waals surface area contributed by atoms with Crippen molar-refractivity contribution in [3.63, 3.8) is 0 Å². The third-order valence-electron chi connectivity index (χ3n) is 10.4. The van der Waals surface area contributed by atoms with E-state index in [2.05, 4.69) is 13.8 Å². The first-order valence-electron chi connectivity index (χ1n) is 23.5. The molecular weight excluding hydrogens is 709 g/mol. The third-order valence-corrected chi connectivity index (χ3v) is 11.4. The molecule has 0 aromatic heterocycles. The Balaban J connectivity index is 4.18. The van der Waals surface area contributed by atoms with Crippen LogP contribution >= 0.6 is 7.82 Å². The van der Waals surface area contributed by atoms with Crippen LogP contribution in [0.25, 0.3) is 0 Å². The molecule has 0 bridgehead atoms. The van der Waals surface area contributed by atoms with E-state index in [1.54, 1.807) is 6.26 Å². The molecule has 9 heteroatoms. The fourth-order valence-corrected chi connectivity index (χ4v) is 7.48. The minimum Gasteiger partial charge on any atom is -0.756 e. The smallest absolute Gasteiger partial charge is 0.306 e. The second kappa shape index (κ2) is 39.9. The number of rotatable bonds is 44. The highest BCUT2D eigenvalue weighted by atomic mass is 31.2. The van der Waals surface area contributed by atoms with E-state index in [0.717, 1.165) is 32.1 Å². The monoisotopic (exact) mass is 802 g/mol. The van der Waals surface area contributed by atoms with E-state index in [1.807, 2.05) is 27.2 Å². The second-order valence-corrected chi connectivity index (χ2v) is 18.6. The maximum absolute atomic E-state index is 12.7. The third kappa shape index (κ3) is 44.0. The summed E-state index contributed by atoms with van der Waals surface area (Å²) in [4.78, 5) is 25.1. The number of quaternary nitrogens is 1. The van der Waals surface area contributed by atoms with Crippen LogP contribution in [0.15, 0.2) is 12.3 Å². The van der Waals surface area contributed by atoms with Gasteiger partial charge in [-0.1, -0.05) is 200 Å². The van der Waals surface area contributed by atoms with Crippen molar-refractivity contribution in [3.8, 4) is 0 Å². The number of likely N-dealkylation sites (N-methyl/N-ethyl adjacent to an activating group) is 1. The zero-order valence-corrected chi connectivity index (χ0v) is 38.0. The Morgan fingerprint density at radius 3 is 1.35 bits per heavy atom. The van der Waals surface area contributed by atoms with Gasteiger partial charge < -0.3 is 27.9 Å². The van der Waals surface area contributed by atoms with Crippen LogP contribution < -0.4 is 4.89 Å². The van der Waals surface area contributed by atoms with Gasteiger partial charge in [-0.2, -0.15) is 0 Å². The molecule has 0 spiro atoms. The molecule has 0 heterocycles. The Morgan fingerprint density at radius 2 is 0.945 bits per heavy atom. The Labute approximate surface area is 341 Å². The molecule has 1 unspecified atom stereocenters. The normalized spacial score (nSPS) is 13.7. The van der Waals surface area contributed by atoms with Gasteiger partial charge in [-0.05, 0) is 25.3 Å². The molecule has 0 saturated heterocycles. The fraction of sp³-hybridized carbons (Fsp3) is 0.935. The van der Waals surface area contributed by atoms with Gasteiger partial charge in [0.25, 0.3) is 7.82 Å². The number of phosphoric ester groups is 1. The molecule has 0 saturated carbocycles. The quantitative estimate of drug-likeness (QED) is 0.0199. The average molecular weight is 802 g/mol. The molecule has 0 radical (unpaired) electrons. The van der Waals surface area contributed by atoms with Crippen LogP contribution in [0.3, 0.4) is 0 Å². The van der Waals surface area contributed by atoms with Gasteiger partial charge in [-0.3, -0.25) is 9.36 Å². The number of hydrogen-bond acceptors (Lipinski definition) is 7. The van der Waals surface area contributed by atoms with Crippen molar-refractivity contribution in [2.75, 3.05) is 47.5 Å². The first kappa shape index (κ1) is 54.1. The highest BCUT2D eigenvalue weighted by Gasteiger charge is 2.20. The van der Waals surface area contributed by atoms with Gasteiger partial charge >= 0.3 is 5.97 Å². The van der Waals surface area contributed by atoms with E-state index < -0.39 is 13.9 Å². The molecule has 0 amide bonds. The first-order chi connectivity index (χ1) is 26.6. The highest BCUT2D eigenvalue weighted by Crippen LogP contribution is 2.38. The van der Waals surface area contributed by atoms with Crippen molar-refractivity contribution in [1.29, 1.82) is 0 Å². The second-order valence-electron chi connectivity index (χ2n) is 17.2. The predicted octanol–water partition coefficient (Wildman–Crippen LogP) is 13.5. The first-order valence-corrected chi connectivity index (χ1v) is 24.9. The number of unbranched alkanes of at least 4 members (excludes halogenated alkanes) is 30. The summed E-state index contributed by atoms with van der Waals surface area (Å²) in [5.41, 5.74) is 0. The molecule has 0 fully saturated rings. The van der Waals surface area contributed by atoms with Gasteiger partial charge in [0.05, 0.1) is 34.0 Å². The maximum Gasteiger partial charge on any atom is 0.306 e. The summed E-state index contributed by atoms with van der Waals surface area (Å²) in [7, 11) is 1.34. The molecule has 55 heavy (non-hydrogen) atoms. The predicted molar refractivity (Wildman–Crippen MR) is 231 cm³/mol. The molecule has 8 nitrogen and oxygen atoms in total. The Morgan fingerprint density at radius 1 is 0.564 bits per heavy atom. The van der Waals surface area contributed by atoms with E-state index >= 15 is 0 Å². The van der Waals surface area contributed by atoms with E-state index in [-0.39, 0.29) is 25.8 Å². The van der Waals surface area contributed by atoms with Gasteiger partial charge in [0, 0.05) is 6.42 Å². The number of allylic oxidation sites excluding steroid dienone is 1. The summed E-state index contributed by atoms with van der Waals surface area (Å²) >= 11 is 0. The van der Waals surface area contributed by atoms with Gasteiger partial charge in [0.15, 0.2) is 6.10 Å². The van der Waals surface area contributed by atoms with E-state index in [1.165, 1.54) is 173 Å². The molecule has 0 N–H and O–H groups in total. The van der Waals surface area contributed by atoms with Crippen LogP contribution in [0.1, 0.15) is 226 Å². The van der Waals surface area contributed by atoms with Crippen LogP contribution in [-0.4, -0.2) is 64.1 Å². The average Bonchev–Trinajstić information content (AvgIpc) is 3.13. The summed E-state index contributed by atoms with van der Waals surface area (Å²) in [6.07, 6.45) is 44.6. The number of carbonyl (C=O) groups excluding carboxylic acids is 1. The van der Waals surface area contributed by atoms with Crippen molar-refractivity contribution in [2.24, 2.45) is 0 Å². The summed E-state index contributed by atoms with van der Waals surface area (Å²) in [5.74, 6) is -0.351. The topological polar surface area (TPSA) is 94.1 Å². The largest absolute Gasteiger partial charge is 0.756 e. The maximum atomic E-state index is 12.7. The molecule has 0 aliphatic heterocycles. The molecule has 0 aliphatic rings. The van der Waals surface area contributed by atoms with Gasteiger partial charge in [0.2, 0.25) is 0 Å². The van der Waals surface area contributed by atoms with Crippen molar-refractivity contribution in [1.82, 2.24) is 0 Å². The molecule has 2 atom stereocenters. The number of carbonyl (C=O) groups is 1. The number of esters is 1. The lowest BCUT2D eigenvalue weighted by Gasteiger charge is -2.28. The molecular formula is C46H92NO7P. The number of ether oxygens (including phenoxy) is 2. The SMILES string of the molecule is CCCCCCCCCCCCCC/C=C\OC[C@H](COP(=O)([O-])OCC[N+](C)(C)C)OC(=O)CCCCCCCCCCCCCCCCCCCCC. The van der Waals surface area contributed by atoms with Crippen molar-refractivity contribution in [3.05, 3.63) is 12.3 Å². The van der Waals surface area contributed by atoms with Crippen molar-refractivity contribution >= 4 is 13.8 Å². The molecule has 0 aromatic carbocycles. The van der Waals surface area contributed by atoms with Crippen LogP contribution in [0.5, 0.6) is 0 Å². The van der Waals surface area contributed by atoms with Gasteiger partial charge in [0.1, 0.15) is 19.8 Å². The standard InChI is InChI=1S/C46H92NO7P/c1-6-8-10-12-14-16-18-20-22-23-24-25-26-27-29-31-33-35-37-39-46(48)54-45(44-53-55(49,50)52-42-40-47(3,4)5)43-51-41-38-36-34-32-30-28-21-19-17-15-13-11-9-7-2/h38,41,45H,6-37,39-40,42-44H2,1-5H3/b41-38-/t45-/m1/s1. The number of hydrogen-bond donors (Lipinski definition) is 0. The lowest BCUT2D eigenvalue weighted by molar-refractivity contribution is -0.870. The van der Waals surface area contributed by atoms with Crippen LogP contribution in [0, 0.1) is 0 Å². The summed E-state index contributed by atoms with van der Waals surface area (Å²) in [6, 6.07) is 0. The Kier molecular flexibility index (Phi) is 39.2. The number of phosphoric acid groups is 1. The van der Waals surface area contributed by atoms with Gasteiger partial charge in [-0.25, -0.2) is 0 Å². The van der Waals surface area contributed by atoms with E-state index in [9.17, 15) is 14.3 Å². The van der Waals surface area contributed by atoms with E-state index in [0.29, 0.717) is 17.4 Å². The zero-order chi connectivity index (χ0) is 40.6. The van der Waals surface area contributed by atoms with Crippen LogP contribution in [0.2, 0.25) is 0 Å². The van der Waals surface area contributed by atoms with Gasteiger partial charge in [-0.15, -0.1) is 0 Å². The van der Waals surface area contributed by atoms with Crippen molar-refractivity contribution < 1.29 is 37.3 Å². The van der Waals surface area contributed by atoms with Crippen molar-refractivity contribution in [2.45, 2.75) is 232 Å². The summed E-state index contributed by atoms with van der Waals surface area (Å²) in [5, 5.41) is 0. The molecule has 0 rings (SSSR count). The Hall–Kier alpha value is -0.920. The van der Waals surface area contributed by atoms with E-state index in [4.69, 9.17) is 18.5 Å². The lowest BCUT2D eigenvalue weighted by Crippen LogP contribution is -2.37. The minimum atomic E-state index is -4.53. The minimum absolute atomic E-state index is 0.0203. The fourth-order valence-electron chi connectivity index (χ4n) is 6.75. The molecule has 328 valence electrons. The zero-order valence-electron chi connectivity index (χ0n) is 37.1. The number of nitrogens with zero attached hydrogens (tertiary/aromatic N) is 1. The molecule has 0 aliphatic carbocycles.